The number of carbonyl (C=O) groups is 2. The van der Waals surface area contributed by atoms with Crippen molar-refractivity contribution in [3.8, 4) is 5.75 Å². The van der Waals surface area contributed by atoms with Gasteiger partial charge in [0.2, 0.25) is 0 Å². The number of urea groups is 1. The first-order valence-corrected chi connectivity index (χ1v) is 7.47. The number of nitrogens with zero attached hydrogens (tertiary/aromatic N) is 1. The third-order valence-electron chi connectivity index (χ3n) is 3.72. The van der Waals surface area contributed by atoms with Crippen LogP contribution >= 0.6 is 11.6 Å². The zero-order valence-corrected chi connectivity index (χ0v) is 13.1. The standard InChI is InChI=1S/C15H19ClN2O4/c1-22-13-5-4-10(7-12(13)16)8-17-15(21)18-6-2-3-11(9-18)14(19)20/h4-5,7,11H,2-3,6,8-9H2,1H3,(H,17,21)(H,19,20). The normalized spacial score (nSPS) is 17.9. The van der Waals surface area contributed by atoms with Crippen LogP contribution in [0.25, 0.3) is 0 Å². The summed E-state index contributed by atoms with van der Waals surface area (Å²) in [7, 11) is 1.54. The summed E-state index contributed by atoms with van der Waals surface area (Å²) in [6, 6.07) is 5.04. The Hall–Kier alpha value is -1.95. The second-order valence-corrected chi connectivity index (χ2v) is 5.66. The van der Waals surface area contributed by atoms with Gasteiger partial charge in [-0.2, -0.15) is 0 Å². The quantitative estimate of drug-likeness (QED) is 0.890. The molecule has 6 nitrogen and oxygen atoms in total. The smallest absolute Gasteiger partial charge is 0.317 e. The summed E-state index contributed by atoms with van der Waals surface area (Å²) >= 11 is 6.03. The van der Waals surface area contributed by atoms with Crippen LogP contribution in [0.1, 0.15) is 18.4 Å². The highest BCUT2D eigenvalue weighted by Gasteiger charge is 2.27. The van der Waals surface area contributed by atoms with E-state index in [-0.39, 0.29) is 12.6 Å². The fourth-order valence-electron chi connectivity index (χ4n) is 2.47. The van der Waals surface area contributed by atoms with E-state index in [0.717, 1.165) is 5.56 Å². The minimum atomic E-state index is -0.848. The van der Waals surface area contributed by atoms with Gasteiger partial charge in [0, 0.05) is 19.6 Å². The molecule has 0 spiro atoms. The third-order valence-corrected chi connectivity index (χ3v) is 4.01. The number of carbonyl (C=O) groups excluding carboxylic acids is 1. The van der Waals surface area contributed by atoms with Crippen molar-refractivity contribution < 1.29 is 19.4 Å². The van der Waals surface area contributed by atoms with Gasteiger partial charge in [0.1, 0.15) is 5.75 Å². The van der Waals surface area contributed by atoms with E-state index in [1.165, 1.54) is 7.11 Å². The molecule has 1 saturated heterocycles. The van der Waals surface area contributed by atoms with E-state index < -0.39 is 11.9 Å². The molecule has 120 valence electrons. The average Bonchev–Trinajstić information content (AvgIpc) is 2.52. The number of benzene rings is 1. The fraction of sp³-hybridized carbons (Fsp3) is 0.467. The lowest BCUT2D eigenvalue weighted by Crippen LogP contribution is -2.46. The van der Waals surface area contributed by atoms with E-state index in [1.807, 2.05) is 6.07 Å². The summed E-state index contributed by atoms with van der Waals surface area (Å²) in [5, 5.41) is 12.3. The zero-order chi connectivity index (χ0) is 16.1. The number of hydrogen-bond donors (Lipinski definition) is 2. The van der Waals surface area contributed by atoms with Gasteiger partial charge >= 0.3 is 12.0 Å². The number of aliphatic carboxylic acids is 1. The molecule has 0 radical (unpaired) electrons. The van der Waals surface area contributed by atoms with E-state index >= 15 is 0 Å². The van der Waals surface area contributed by atoms with Crippen LogP contribution < -0.4 is 10.1 Å². The first-order valence-electron chi connectivity index (χ1n) is 7.09. The number of hydrogen-bond acceptors (Lipinski definition) is 3. The Labute approximate surface area is 134 Å². The van der Waals surface area contributed by atoms with Crippen molar-refractivity contribution in [2.75, 3.05) is 20.2 Å². The molecule has 0 aromatic heterocycles. The van der Waals surface area contributed by atoms with Gasteiger partial charge in [-0.15, -0.1) is 0 Å². The second kappa shape index (κ2) is 7.35. The zero-order valence-electron chi connectivity index (χ0n) is 12.3. The molecular weight excluding hydrogens is 308 g/mol. The lowest BCUT2D eigenvalue weighted by atomic mass is 9.99. The molecule has 1 aromatic carbocycles. The number of halogens is 1. The summed E-state index contributed by atoms with van der Waals surface area (Å²) in [6.45, 7) is 1.17. The Bertz CT molecular complexity index is 564. The van der Waals surface area contributed by atoms with Crippen LogP contribution in [0.5, 0.6) is 5.75 Å². The molecule has 22 heavy (non-hydrogen) atoms. The van der Waals surface area contributed by atoms with E-state index in [9.17, 15) is 9.59 Å². The van der Waals surface area contributed by atoms with Crippen molar-refractivity contribution in [3.05, 3.63) is 28.8 Å². The maximum absolute atomic E-state index is 12.1. The molecule has 1 fully saturated rings. The van der Waals surface area contributed by atoms with Crippen LogP contribution in [-0.4, -0.2) is 42.2 Å². The Morgan fingerprint density at radius 1 is 1.50 bits per heavy atom. The molecule has 1 unspecified atom stereocenters. The Morgan fingerprint density at radius 3 is 2.91 bits per heavy atom. The number of nitrogens with one attached hydrogen (secondary N) is 1. The summed E-state index contributed by atoms with van der Waals surface area (Å²) in [4.78, 5) is 24.7. The molecule has 0 saturated carbocycles. The maximum Gasteiger partial charge on any atom is 0.317 e. The van der Waals surface area contributed by atoms with Crippen LogP contribution in [0.3, 0.4) is 0 Å². The molecular formula is C15H19ClN2O4. The molecule has 7 heteroatoms. The van der Waals surface area contributed by atoms with Gasteiger partial charge in [0.15, 0.2) is 0 Å². The highest BCUT2D eigenvalue weighted by molar-refractivity contribution is 6.32. The Balaban J connectivity index is 1.89. The number of rotatable bonds is 4. The van der Waals surface area contributed by atoms with Crippen LogP contribution in [0, 0.1) is 5.92 Å². The van der Waals surface area contributed by atoms with E-state index in [4.69, 9.17) is 21.4 Å². The van der Waals surface area contributed by atoms with Crippen molar-refractivity contribution in [1.82, 2.24) is 10.2 Å². The largest absolute Gasteiger partial charge is 0.495 e. The number of carboxylic acids is 1. The van der Waals surface area contributed by atoms with Crippen molar-refractivity contribution in [1.29, 1.82) is 0 Å². The number of amides is 2. The predicted octanol–water partition coefficient (Wildman–Crippen LogP) is 2.35. The lowest BCUT2D eigenvalue weighted by molar-refractivity contribution is -0.143. The molecule has 1 aliphatic heterocycles. The molecule has 2 rings (SSSR count). The Morgan fingerprint density at radius 2 is 2.27 bits per heavy atom. The van der Waals surface area contributed by atoms with Crippen LogP contribution in [0.15, 0.2) is 18.2 Å². The molecule has 1 aromatic rings. The van der Waals surface area contributed by atoms with Crippen LogP contribution in [-0.2, 0) is 11.3 Å². The van der Waals surface area contributed by atoms with Gasteiger partial charge in [-0.25, -0.2) is 4.79 Å². The van der Waals surface area contributed by atoms with E-state index in [0.29, 0.717) is 36.7 Å². The molecule has 2 N–H and O–H groups in total. The molecule has 1 atom stereocenters. The van der Waals surface area contributed by atoms with Crippen LogP contribution in [0.2, 0.25) is 5.02 Å². The lowest BCUT2D eigenvalue weighted by Gasteiger charge is -2.30. The molecule has 0 aliphatic carbocycles. The van der Waals surface area contributed by atoms with Crippen molar-refractivity contribution in [2.45, 2.75) is 19.4 Å². The summed E-state index contributed by atoms with van der Waals surface area (Å²) in [5.74, 6) is -0.744. The highest BCUT2D eigenvalue weighted by Crippen LogP contribution is 2.25. The summed E-state index contributed by atoms with van der Waals surface area (Å²) in [6.07, 6.45) is 1.33. The number of likely N-dealkylation sites (tertiary alicyclic amines) is 1. The van der Waals surface area contributed by atoms with Gasteiger partial charge in [0.05, 0.1) is 18.1 Å². The summed E-state index contributed by atoms with van der Waals surface area (Å²) in [5.41, 5.74) is 0.853. The number of carboxylic acid groups (broad SMARTS) is 1. The number of methoxy groups -OCH3 is 1. The van der Waals surface area contributed by atoms with Gasteiger partial charge in [-0.3, -0.25) is 4.79 Å². The third kappa shape index (κ3) is 4.04. The minimum Gasteiger partial charge on any atom is -0.495 e. The van der Waals surface area contributed by atoms with E-state index in [1.54, 1.807) is 17.0 Å². The molecule has 1 heterocycles. The molecule has 0 bridgehead atoms. The first kappa shape index (κ1) is 16.4. The Kier molecular flexibility index (Phi) is 5.49. The SMILES string of the molecule is COc1ccc(CNC(=O)N2CCCC(C(=O)O)C2)cc1Cl. The van der Waals surface area contributed by atoms with Gasteiger partial charge in [-0.1, -0.05) is 17.7 Å². The monoisotopic (exact) mass is 326 g/mol. The molecule has 1 aliphatic rings. The number of ether oxygens (including phenoxy) is 1. The fourth-order valence-corrected chi connectivity index (χ4v) is 2.75. The molecule has 2 amide bonds. The maximum atomic E-state index is 12.1. The average molecular weight is 327 g/mol. The van der Waals surface area contributed by atoms with Gasteiger partial charge in [-0.05, 0) is 30.5 Å². The predicted molar refractivity (Wildman–Crippen MR) is 82.2 cm³/mol. The van der Waals surface area contributed by atoms with Gasteiger partial charge < -0.3 is 20.1 Å². The van der Waals surface area contributed by atoms with Crippen molar-refractivity contribution in [3.63, 3.8) is 0 Å². The van der Waals surface area contributed by atoms with E-state index in [2.05, 4.69) is 5.32 Å². The van der Waals surface area contributed by atoms with Crippen molar-refractivity contribution in [2.24, 2.45) is 5.92 Å². The minimum absolute atomic E-state index is 0.252. The first-order chi connectivity index (χ1) is 10.5. The second-order valence-electron chi connectivity index (χ2n) is 5.25. The van der Waals surface area contributed by atoms with Crippen molar-refractivity contribution >= 4 is 23.6 Å². The van der Waals surface area contributed by atoms with Crippen LogP contribution in [0.4, 0.5) is 4.79 Å². The topological polar surface area (TPSA) is 78.9 Å². The van der Waals surface area contributed by atoms with Gasteiger partial charge in [0.25, 0.3) is 0 Å². The summed E-state index contributed by atoms with van der Waals surface area (Å²) < 4.78 is 5.07. The highest BCUT2D eigenvalue weighted by atomic mass is 35.5. The number of piperidine rings is 1.